The Bertz CT molecular complexity index is 157. The third-order valence-electron chi connectivity index (χ3n) is 3.22. The number of halogens is 1. The molecule has 2 aliphatic rings. The van der Waals surface area contributed by atoms with Crippen LogP contribution in [0.5, 0.6) is 0 Å². The lowest BCUT2D eigenvalue weighted by molar-refractivity contribution is 0.0834. The van der Waals surface area contributed by atoms with Crippen molar-refractivity contribution in [3.05, 3.63) is 0 Å². The fourth-order valence-corrected chi connectivity index (χ4v) is 2.46. The Morgan fingerprint density at radius 1 is 1.15 bits per heavy atom. The smallest absolute Gasteiger partial charge is 0.113 e. The minimum absolute atomic E-state index is 0.566. The predicted molar refractivity (Wildman–Crippen MR) is 51.6 cm³/mol. The van der Waals surface area contributed by atoms with E-state index in [2.05, 4.69) is 10.2 Å². The lowest BCUT2D eigenvalue weighted by atomic mass is 10.0. The van der Waals surface area contributed by atoms with Gasteiger partial charge in [0.25, 0.3) is 0 Å². The molecule has 1 atom stereocenters. The molecule has 0 unspecified atom stereocenters. The summed E-state index contributed by atoms with van der Waals surface area (Å²) in [4.78, 5) is 2.36. The molecule has 0 aromatic carbocycles. The van der Waals surface area contributed by atoms with E-state index < -0.39 is 6.17 Å². The molecule has 2 aliphatic heterocycles. The Hall–Kier alpha value is -0.150. The van der Waals surface area contributed by atoms with Crippen LogP contribution in [0.3, 0.4) is 0 Å². The monoisotopic (exact) mass is 186 g/mol. The maximum atomic E-state index is 13.1. The van der Waals surface area contributed by atoms with Gasteiger partial charge in [0, 0.05) is 12.6 Å². The standard InChI is InChI=1S/C10H19FN2/c11-9-2-1-7-13(8-9)10-3-5-12-6-4-10/h9-10,12H,1-8H2/t9-/m1/s1. The summed E-state index contributed by atoms with van der Waals surface area (Å²) < 4.78 is 13.1. The first-order valence-corrected chi connectivity index (χ1v) is 5.45. The summed E-state index contributed by atoms with van der Waals surface area (Å²) in [5.41, 5.74) is 0. The fourth-order valence-electron chi connectivity index (χ4n) is 2.46. The minimum atomic E-state index is -0.566. The average molecular weight is 186 g/mol. The van der Waals surface area contributed by atoms with Gasteiger partial charge in [0.15, 0.2) is 0 Å². The van der Waals surface area contributed by atoms with Gasteiger partial charge in [-0.15, -0.1) is 0 Å². The van der Waals surface area contributed by atoms with Crippen LogP contribution in [0, 0.1) is 0 Å². The van der Waals surface area contributed by atoms with Crippen LogP contribution >= 0.6 is 0 Å². The third kappa shape index (κ3) is 2.41. The molecule has 0 bridgehead atoms. The average Bonchev–Trinajstić information content (AvgIpc) is 2.19. The zero-order valence-corrected chi connectivity index (χ0v) is 8.14. The largest absolute Gasteiger partial charge is 0.317 e. The van der Waals surface area contributed by atoms with Gasteiger partial charge < -0.3 is 5.32 Å². The second-order valence-corrected chi connectivity index (χ2v) is 4.22. The molecule has 2 saturated heterocycles. The Labute approximate surface area is 79.5 Å². The van der Waals surface area contributed by atoms with E-state index in [4.69, 9.17) is 0 Å². The Morgan fingerprint density at radius 3 is 2.62 bits per heavy atom. The van der Waals surface area contributed by atoms with Crippen molar-refractivity contribution in [2.45, 2.75) is 37.9 Å². The second-order valence-electron chi connectivity index (χ2n) is 4.22. The molecule has 2 rings (SSSR count). The van der Waals surface area contributed by atoms with Crippen LogP contribution in [0.25, 0.3) is 0 Å². The summed E-state index contributed by atoms with van der Waals surface area (Å²) in [7, 11) is 0. The number of rotatable bonds is 1. The zero-order chi connectivity index (χ0) is 9.10. The van der Waals surface area contributed by atoms with Gasteiger partial charge >= 0.3 is 0 Å². The van der Waals surface area contributed by atoms with Crippen LogP contribution in [0.1, 0.15) is 25.7 Å². The van der Waals surface area contributed by atoms with Gasteiger partial charge in [-0.2, -0.15) is 0 Å². The molecule has 0 spiro atoms. The van der Waals surface area contributed by atoms with Crippen LogP contribution < -0.4 is 5.32 Å². The summed E-state index contributed by atoms with van der Waals surface area (Å²) in [6.45, 7) is 4.02. The maximum Gasteiger partial charge on any atom is 0.113 e. The normalized spacial score (nSPS) is 33.5. The topological polar surface area (TPSA) is 15.3 Å². The number of piperidine rings is 2. The molecule has 0 radical (unpaired) electrons. The number of hydrogen-bond donors (Lipinski definition) is 1. The Balaban J connectivity index is 1.83. The second kappa shape index (κ2) is 4.38. The van der Waals surface area contributed by atoms with Crippen LogP contribution in [0.4, 0.5) is 4.39 Å². The van der Waals surface area contributed by atoms with Crippen molar-refractivity contribution >= 4 is 0 Å². The van der Waals surface area contributed by atoms with Gasteiger partial charge in [-0.05, 0) is 45.3 Å². The summed E-state index contributed by atoms with van der Waals surface area (Å²) in [5, 5.41) is 3.34. The highest BCUT2D eigenvalue weighted by molar-refractivity contribution is 4.82. The molecular formula is C10H19FN2. The molecule has 2 fully saturated rings. The molecule has 3 heteroatoms. The van der Waals surface area contributed by atoms with E-state index in [-0.39, 0.29) is 0 Å². The molecule has 76 valence electrons. The van der Waals surface area contributed by atoms with Gasteiger partial charge in [-0.25, -0.2) is 4.39 Å². The fraction of sp³-hybridized carbons (Fsp3) is 1.00. The van der Waals surface area contributed by atoms with Crippen molar-refractivity contribution in [3.8, 4) is 0 Å². The SMILES string of the molecule is F[C@@H]1CCCN(C2CCNCC2)C1. The number of nitrogens with zero attached hydrogens (tertiary/aromatic N) is 1. The molecule has 0 saturated carbocycles. The highest BCUT2D eigenvalue weighted by Gasteiger charge is 2.26. The lowest BCUT2D eigenvalue weighted by Crippen LogP contribution is -2.47. The molecule has 2 heterocycles. The lowest BCUT2D eigenvalue weighted by Gasteiger charge is -2.38. The van der Waals surface area contributed by atoms with Crippen molar-refractivity contribution < 1.29 is 4.39 Å². The van der Waals surface area contributed by atoms with E-state index in [1.165, 1.54) is 12.8 Å². The zero-order valence-electron chi connectivity index (χ0n) is 8.14. The predicted octanol–water partition coefficient (Wildman–Crippen LogP) is 1.17. The van der Waals surface area contributed by atoms with Crippen molar-refractivity contribution in [3.63, 3.8) is 0 Å². The van der Waals surface area contributed by atoms with Crippen LogP contribution in [0.15, 0.2) is 0 Å². The molecule has 0 amide bonds. The van der Waals surface area contributed by atoms with Crippen molar-refractivity contribution in [2.24, 2.45) is 0 Å². The van der Waals surface area contributed by atoms with Gasteiger partial charge in [0.05, 0.1) is 0 Å². The first-order chi connectivity index (χ1) is 6.36. The number of likely N-dealkylation sites (tertiary alicyclic amines) is 1. The highest BCUT2D eigenvalue weighted by Crippen LogP contribution is 2.19. The molecule has 1 N–H and O–H groups in total. The van der Waals surface area contributed by atoms with Crippen molar-refractivity contribution in [1.29, 1.82) is 0 Å². The first kappa shape index (κ1) is 9.41. The van der Waals surface area contributed by atoms with Gasteiger partial charge in [-0.1, -0.05) is 0 Å². The first-order valence-electron chi connectivity index (χ1n) is 5.45. The molecular weight excluding hydrogens is 167 g/mol. The van der Waals surface area contributed by atoms with Crippen molar-refractivity contribution in [1.82, 2.24) is 10.2 Å². The van der Waals surface area contributed by atoms with Gasteiger partial charge in [0.2, 0.25) is 0 Å². The molecule has 13 heavy (non-hydrogen) atoms. The Kier molecular flexibility index (Phi) is 3.17. The molecule has 0 aromatic heterocycles. The maximum absolute atomic E-state index is 13.1. The van der Waals surface area contributed by atoms with Crippen LogP contribution in [0.2, 0.25) is 0 Å². The number of nitrogens with one attached hydrogen (secondary N) is 1. The third-order valence-corrected chi connectivity index (χ3v) is 3.22. The highest BCUT2D eigenvalue weighted by atomic mass is 19.1. The van der Waals surface area contributed by atoms with E-state index in [1.54, 1.807) is 0 Å². The number of alkyl halides is 1. The van der Waals surface area contributed by atoms with E-state index >= 15 is 0 Å². The molecule has 0 aliphatic carbocycles. The van der Waals surface area contributed by atoms with E-state index in [0.29, 0.717) is 12.6 Å². The summed E-state index contributed by atoms with van der Waals surface area (Å²) >= 11 is 0. The van der Waals surface area contributed by atoms with Crippen molar-refractivity contribution in [2.75, 3.05) is 26.2 Å². The summed E-state index contributed by atoms with van der Waals surface area (Å²) in [6, 6.07) is 0.653. The van der Waals surface area contributed by atoms with Gasteiger partial charge in [-0.3, -0.25) is 4.90 Å². The minimum Gasteiger partial charge on any atom is -0.317 e. The molecule has 0 aromatic rings. The van der Waals surface area contributed by atoms with E-state index in [1.807, 2.05) is 0 Å². The quantitative estimate of drug-likeness (QED) is 0.661. The van der Waals surface area contributed by atoms with E-state index in [0.717, 1.165) is 32.5 Å². The summed E-state index contributed by atoms with van der Waals surface area (Å²) in [6.07, 6.45) is 3.66. The summed E-state index contributed by atoms with van der Waals surface area (Å²) in [5.74, 6) is 0. The van der Waals surface area contributed by atoms with E-state index in [9.17, 15) is 4.39 Å². The Morgan fingerprint density at radius 2 is 1.92 bits per heavy atom. The number of hydrogen-bond acceptors (Lipinski definition) is 2. The van der Waals surface area contributed by atoms with Crippen LogP contribution in [-0.2, 0) is 0 Å². The van der Waals surface area contributed by atoms with Crippen LogP contribution in [-0.4, -0.2) is 43.3 Å². The van der Waals surface area contributed by atoms with Gasteiger partial charge in [0.1, 0.15) is 6.17 Å². The molecule has 2 nitrogen and oxygen atoms in total.